The Bertz CT molecular complexity index is 443. The van der Waals surface area contributed by atoms with Crippen LogP contribution in [0.5, 0.6) is 5.75 Å². The van der Waals surface area contributed by atoms with Crippen LogP contribution >= 0.6 is 15.9 Å². The predicted molar refractivity (Wildman–Crippen MR) is 70.4 cm³/mol. The lowest BCUT2D eigenvalue weighted by Crippen LogP contribution is -2.11. The van der Waals surface area contributed by atoms with Crippen LogP contribution < -0.4 is 0 Å². The number of benzene rings is 1. The summed E-state index contributed by atoms with van der Waals surface area (Å²) in [5.74, 6) is -0.493. The van der Waals surface area contributed by atoms with Crippen molar-refractivity contribution in [2.24, 2.45) is 0 Å². The molecule has 18 heavy (non-hydrogen) atoms. The molecular formula is C13H15BrO4. The number of ether oxygens (including phenoxy) is 1. The van der Waals surface area contributed by atoms with Gasteiger partial charge in [-0.2, -0.15) is 0 Å². The maximum atomic E-state index is 11.5. The van der Waals surface area contributed by atoms with Gasteiger partial charge < -0.3 is 9.84 Å². The molecule has 0 bridgehead atoms. The third-order valence-electron chi connectivity index (χ3n) is 2.35. The highest BCUT2D eigenvalue weighted by Gasteiger charge is 2.11. The highest BCUT2D eigenvalue weighted by molar-refractivity contribution is 9.10. The monoisotopic (exact) mass is 314 g/mol. The molecule has 0 unspecified atom stereocenters. The third kappa shape index (κ3) is 4.87. The first-order valence-corrected chi connectivity index (χ1v) is 6.47. The van der Waals surface area contributed by atoms with Crippen LogP contribution in [0.3, 0.4) is 0 Å². The van der Waals surface area contributed by atoms with Crippen LogP contribution in [0, 0.1) is 0 Å². The Hall–Kier alpha value is -1.36. The highest BCUT2D eigenvalue weighted by atomic mass is 79.9. The van der Waals surface area contributed by atoms with E-state index in [0.717, 1.165) is 10.0 Å². The van der Waals surface area contributed by atoms with Crippen LogP contribution in [0.25, 0.3) is 0 Å². The van der Waals surface area contributed by atoms with Gasteiger partial charge in [0.05, 0.1) is 6.61 Å². The van der Waals surface area contributed by atoms with E-state index < -0.39 is 5.97 Å². The molecule has 1 aromatic rings. The number of phenols is 1. The molecule has 0 atom stereocenters. The number of hydrogen-bond donors (Lipinski definition) is 1. The molecule has 1 N–H and O–H groups in total. The van der Waals surface area contributed by atoms with Crippen LogP contribution in [0.15, 0.2) is 22.7 Å². The van der Waals surface area contributed by atoms with E-state index in [1.807, 2.05) is 0 Å². The van der Waals surface area contributed by atoms with Crippen LogP contribution in [-0.4, -0.2) is 23.5 Å². The highest BCUT2D eigenvalue weighted by Crippen LogP contribution is 2.23. The molecule has 0 fully saturated rings. The predicted octanol–water partition coefficient (Wildman–Crippen LogP) is 2.61. The largest absolute Gasteiger partial charge is 0.508 e. The zero-order valence-corrected chi connectivity index (χ0v) is 11.7. The number of rotatable bonds is 6. The summed E-state index contributed by atoms with van der Waals surface area (Å²) in [7, 11) is 0. The summed E-state index contributed by atoms with van der Waals surface area (Å²) in [4.78, 5) is 22.6. The van der Waals surface area contributed by atoms with Crippen molar-refractivity contribution in [3.63, 3.8) is 0 Å². The SMILES string of the molecule is CCOC(=O)CC(=O)CCc1cc(O)ccc1Br. The number of halogens is 1. The van der Waals surface area contributed by atoms with E-state index in [2.05, 4.69) is 15.9 Å². The van der Waals surface area contributed by atoms with Crippen molar-refractivity contribution in [3.8, 4) is 5.75 Å². The summed E-state index contributed by atoms with van der Waals surface area (Å²) in [5, 5.41) is 9.34. The van der Waals surface area contributed by atoms with Gasteiger partial charge in [-0.15, -0.1) is 0 Å². The van der Waals surface area contributed by atoms with E-state index in [4.69, 9.17) is 4.74 Å². The van der Waals surface area contributed by atoms with Gasteiger partial charge in [-0.3, -0.25) is 9.59 Å². The molecule has 0 aliphatic rings. The fourth-order valence-corrected chi connectivity index (χ4v) is 1.93. The Kier molecular flexibility index (Phi) is 5.85. The topological polar surface area (TPSA) is 63.6 Å². The summed E-state index contributed by atoms with van der Waals surface area (Å²) in [5.41, 5.74) is 0.840. The number of carbonyl (C=O) groups excluding carboxylic acids is 2. The second-order valence-corrected chi connectivity index (χ2v) is 4.65. The number of hydrogen-bond acceptors (Lipinski definition) is 4. The molecule has 0 aliphatic carbocycles. The average molecular weight is 315 g/mol. The minimum atomic E-state index is -0.488. The molecule has 0 aromatic heterocycles. The van der Waals surface area contributed by atoms with Crippen molar-refractivity contribution >= 4 is 27.7 Å². The summed E-state index contributed by atoms with van der Waals surface area (Å²) in [6.07, 6.45) is 0.540. The van der Waals surface area contributed by atoms with Crippen molar-refractivity contribution in [2.75, 3.05) is 6.61 Å². The minimum Gasteiger partial charge on any atom is -0.508 e. The van der Waals surface area contributed by atoms with Crippen LogP contribution in [0.4, 0.5) is 0 Å². The number of esters is 1. The zero-order valence-electron chi connectivity index (χ0n) is 10.1. The molecule has 5 heteroatoms. The average Bonchev–Trinajstić information content (AvgIpc) is 2.30. The molecule has 98 valence electrons. The van der Waals surface area contributed by atoms with Gasteiger partial charge >= 0.3 is 5.97 Å². The fraction of sp³-hybridized carbons (Fsp3) is 0.385. The normalized spacial score (nSPS) is 10.1. The zero-order chi connectivity index (χ0) is 13.5. The Morgan fingerprint density at radius 2 is 2.11 bits per heavy atom. The van der Waals surface area contributed by atoms with Crippen molar-refractivity contribution < 1.29 is 19.4 Å². The van der Waals surface area contributed by atoms with Crippen molar-refractivity contribution in [2.45, 2.75) is 26.2 Å². The van der Waals surface area contributed by atoms with Gasteiger partial charge in [-0.25, -0.2) is 0 Å². The van der Waals surface area contributed by atoms with Gasteiger partial charge in [0.2, 0.25) is 0 Å². The number of aromatic hydroxyl groups is 1. The first-order valence-electron chi connectivity index (χ1n) is 5.67. The van der Waals surface area contributed by atoms with E-state index >= 15 is 0 Å². The molecular weight excluding hydrogens is 300 g/mol. The van der Waals surface area contributed by atoms with Gasteiger partial charge in [0.15, 0.2) is 0 Å². The van der Waals surface area contributed by atoms with Gasteiger partial charge in [0.1, 0.15) is 18.0 Å². The van der Waals surface area contributed by atoms with E-state index in [9.17, 15) is 14.7 Å². The molecule has 0 spiro atoms. The molecule has 1 rings (SSSR count). The Balaban J connectivity index is 2.47. The third-order valence-corrected chi connectivity index (χ3v) is 3.12. The van der Waals surface area contributed by atoms with Gasteiger partial charge in [-0.05, 0) is 37.1 Å². The summed E-state index contributed by atoms with van der Waals surface area (Å²) >= 11 is 3.34. The summed E-state index contributed by atoms with van der Waals surface area (Å²) < 4.78 is 5.54. The number of Topliss-reactive ketones (excluding diaryl/α,β-unsaturated/α-hetero) is 1. The van der Waals surface area contributed by atoms with E-state index in [1.54, 1.807) is 25.1 Å². The lowest BCUT2D eigenvalue weighted by molar-refractivity contribution is -0.145. The number of aryl methyl sites for hydroxylation is 1. The Morgan fingerprint density at radius 1 is 1.39 bits per heavy atom. The second-order valence-electron chi connectivity index (χ2n) is 3.80. The smallest absolute Gasteiger partial charge is 0.313 e. The van der Waals surface area contributed by atoms with Crippen LogP contribution in [-0.2, 0) is 20.7 Å². The lowest BCUT2D eigenvalue weighted by Gasteiger charge is -2.05. The van der Waals surface area contributed by atoms with Crippen molar-refractivity contribution in [3.05, 3.63) is 28.2 Å². The van der Waals surface area contributed by atoms with Gasteiger partial charge in [0.25, 0.3) is 0 Å². The summed E-state index contributed by atoms with van der Waals surface area (Å²) in [6, 6.07) is 4.89. The van der Waals surface area contributed by atoms with E-state index in [0.29, 0.717) is 6.42 Å². The molecule has 0 amide bonds. The first kappa shape index (κ1) is 14.7. The summed E-state index contributed by atoms with van der Waals surface area (Å²) in [6.45, 7) is 1.98. The van der Waals surface area contributed by atoms with Crippen molar-refractivity contribution in [1.82, 2.24) is 0 Å². The maximum Gasteiger partial charge on any atom is 0.313 e. The number of ketones is 1. The quantitative estimate of drug-likeness (QED) is 0.647. The molecule has 0 saturated carbocycles. The molecule has 0 saturated heterocycles. The molecule has 0 heterocycles. The Morgan fingerprint density at radius 3 is 2.78 bits per heavy atom. The Labute approximate surface area is 114 Å². The van der Waals surface area contributed by atoms with Crippen LogP contribution in [0.1, 0.15) is 25.3 Å². The fourth-order valence-electron chi connectivity index (χ4n) is 1.49. The minimum absolute atomic E-state index is 0.158. The number of carbonyl (C=O) groups is 2. The van der Waals surface area contributed by atoms with Crippen LogP contribution in [0.2, 0.25) is 0 Å². The standard InChI is InChI=1S/C13H15BrO4/c1-2-18-13(17)8-11(16)4-3-9-7-10(15)5-6-12(9)14/h5-7,15H,2-4,8H2,1H3. The molecule has 1 aromatic carbocycles. The number of phenolic OH excluding ortho intramolecular Hbond substituents is 1. The van der Waals surface area contributed by atoms with Gasteiger partial charge in [0, 0.05) is 10.9 Å². The molecule has 0 aliphatic heterocycles. The molecule has 0 radical (unpaired) electrons. The second kappa shape index (κ2) is 7.16. The van der Waals surface area contributed by atoms with Crippen molar-refractivity contribution in [1.29, 1.82) is 0 Å². The van der Waals surface area contributed by atoms with E-state index in [1.165, 1.54) is 0 Å². The maximum absolute atomic E-state index is 11.5. The molecule has 4 nitrogen and oxygen atoms in total. The van der Waals surface area contributed by atoms with Gasteiger partial charge in [-0.1, -0.05) is 15.9 Å². The first-order chi connectivity index (χ1) is 8.52. The van der Waals surface area contributed by atoms with E-state index in [-0.39, 0.29) is 31.0 Å². The lowest BCUT2D eigenvalue weighted by atomic mass is 10.1.